The van der Waals surface area contributed by atoms with E-state index in [1.54, 1.807) is 18.3 Å². The van der Waals surface area contributed by atoms with Gasteiger partial charge in [0.1, 0.15) is 23.8 Å². The number of rotatable bonds is 5. The molecule has 4 rings (SSSR count). The number of carbonyl (C=O) groups is 1. The van der Waals surface area contributed by atoms with E-state index < -0.39 is 0 Å². The molecule has 1 aromatic carbocycles. The van der Waals surface area contributed by atoms with Gasteiger partial charge >= 0.3 is 0 Å². The molecule has 3 aromatic rings. The summed E-state index contributed by atoms with van der Waals surface area (Å²) in [6.07, 6.45) is 6.60. The normalized spacial score (nSPS) is 14.2. The summed E-state index contributed by atoms with van der Waals surface area (Å²) in [4.78, 5) is 29.4. The summed E-state index contributed by atoms with van der Waals surface area (Å²) in [5.41, 5.74) is 0.833. The number of hydrogen-bond donors (Lipinski definition) is 1. The third-order valence-corrected chi connectivity index (χ3v) is 5.14. The van der Waals surface area contributed by atoms with Crippen molar-refractivity contribution in [2.45, 2.75) is 0 Å². The van der Waals surface area contributed by atoms with E-state index in [4.69, 9.17) is 11.6 Å². The molecule has 1 N–H and O–H groups in total. The molecule has 1 fully saturated rings. The SMILES string of the molecule is O=C(/C=C/c1ccccc1Cl)N1CCN(c2cc(Nc3ccccn3)ncn2)CC1. The number of amides is 1. The topological polar surface area (TPSA) is 74.2 Å². The molecule has 1 saturated heterocycles. The zero-order valence-corrected chi connectivity index (χ0v) is 17.0. The highest BCUT2D eigenvalue weighted by molar-refractivity contribution is 6.32. The Labute approximate surface area is 180 Å². The smallest absolute Gasteiger partial charge is 0.246 e. The first-order valence-corrected chi connectivity index (χ1v) is 10.0. The van der Waals surface area contributed by atoms with E-state index in [0.717, 1.165) is 17.2 Å². The molecule has 0 atom stereocenters. The second-order valence-electron chi connectivity index (χ2n) is 6.77. The molecule has 0 spiro atoms. The van der Waals surface area contributed by atoms with Gasteiger partial charge in [0.05, 0.1) is 0 Å². The number of anilines is 3. The van der Waals surface area contributed by atoms with Gasteiger partial charge in [-0.1, -0.05) is 35.9 Å². The molecule has 0 aliphatic carbocycles. The molecule has 152 valence electrons. The fourth-order valence-corrected chi connectivity index (χ4v) is 3.39. The number of benzene rings is 1. The predicted octanol–water partition coefficient (Wildman–Crippen LogP) is 3.63. The molecule has 0 radical (unpaired) electrons. The maximum absolute atomic E-state index is 12.5. The van der Waals surface area contributed by atoms with Crippen LogP contribution in [0.15, 0.2) is 67.1 Å². The molecule has 1 aliphatic rings. The first-order valence-electron chi connectivity index (χ1n) is 9.65. The van der Waals surface area contributed by atoms with Crippen LogP contribution in [-0.2, 0) is 4.79 Å². The summed E-state index contributed by atoms with van der Waals surface area (Å²) in [7, 11) is 0. The molecule has 0 bridgehead atoms. The van der Waals surface area contributed by atoms with Crippen molar-refractivity contribution >= 4 is 41.0 Å². The van der Waals surface area contributed by atoms with Gasteiger partial charge in [-0.25, -0.2) is 15.0 Å². The van der Waals surface area contributed by atoms with Gasteiger partial charge in [-0.05, 0) is 29.8 Å². The first-order chi connectivity index (χ1) is 14.7. The highest BCUT2D eigenvalue weighted by Crippen LogP contribution is 2.19. The number of piperazine rings is 1. The molecule has 2 aromatic heterocycles. The number of carbonyl (C=O) groups excluding carboxylic acids is 1. The third-order valence-electron chi connectivity index (χ3n) is 4.80. The largest absolute Gasteiger partial charge is 0.353 e. The van der Waals surface area contributed by atoms with Gasteiger partial charge in [-0.2, -0.15) is 0 Å². The summed E-state index contributed by atoms with van der Waals surface area (Å²) >= 11 is 6.14. The lowest BCUT2D eigenvalue weighted by molar-refractivity contribution is -0.126. The lowest BCUT2D eigenvalue weighted by Crippen LogP contribution is -2.48. The van der Waals surface area contributed by atoms with Crippen molar-refractivity contribution < 1.29 is 4.79 Å². The average Bonchev–Trinajstić information content (AvgIpc) is 2.79. The zero-order chi connectivity index (χ0) is 20.8. The van der Waals surface area contributed by atoms with Crippen molar-refractivity contribution in [1.29, 1.82) is 0 Å². The molecule has 0 unspecified atom stereocenters. The van der Waals surface area contributed by atoms with Crippen molar-refractivity contribution in [2.75, 3.05) is 36.4 Å². The predicted molar refractivity (Wildman–Crippen MR) is 119 cm³/mol. The Hall–Kier alpha value is -3.45. The second-order valence-corrected chi connectivity index (χ2v) is 7.18. The van der Waals surface area contributed by atoms with Crippen molar-refractivity contribution in [1.82, 2.24) is 19.9 Å². The highest BCUT2D eigenvalue weighted by Gasteiger charge is 2.21. The van der Waals surface area contributed by atoms with Crippen LogP contribution < -0.4 is 10.2 Å². The Morgan fingerprint density at radius 2 is 1.77 bits per heavy atom. The van der Waals surface area contributed by atoms with E-state index in [1.807, 2.05) is 53.4 Å². The summed E-state index contributed by atoms with van der Waals surface area (Å²) in [5, 5.41) is 3.80. The van der Waals surface area contributed by atoms with Crippen LogP contribution in [0.1, 0.15) is 5.56 Å². The fraction of sp³-hybridized carbons (Fsp3) is 0.182. The Morgan fingerprint density at radius 1 is 0.967 bits per heavy atom. The van der Waals surface area contributed by atoms with Crippen LogP contribution in [-0.4, -0.2) is 51.9 Å². The number of nitrogens with zero attached hydrogens (tertiary/aromatic N) is 5. The van der Waals surface area contributed by atoms with Crippen LogP contribution in [0.25, 0.3) is 6.08 Å². The summed E-state index contributed by atoms with van der Waals surface area (Å²) in [6.45, 7) is 2.65. The molecule has 1 amide bonds. The van der Waals surface area contributed by atoms with Crippen LogP contribution in [0.2, 0.25) is 5.02 Å². The van der Waals surface area contributed by atoms with Gasteiger partial charge in [0.25, 0.3) is 0 Å². The standard InChI is InChI=1S/C22H21ClN6O/c23-18-6-2-1-5-17(18)8-9-22(30)29-13-11-28(12-14-29)21-15-20(25-16-26-21)27-19-7-3-4-10-24-19/h1-10,15-16H,11-14H2,(H,24,25,26,27)/b9-8+. The molecular formula is C22H21ClN6O. The third kappa shape index (κ3) is 4.93. The second kappa shape index (κ2) is 9.37. The monoisotopic (exact) mass is 420 g/mol. The van der Waals surface area contributed by atoms with Gasteiger partial charge in [-0.3, -0.25) is 4.79 Å². The quantitative estimate of drug-likeness (QED) is 0.635. The van der Waals surface area contributed by atoms with Crippen LogP contribution in [0.3, 0.4) is 0 Å². The van der Waals surface area contributed by atoms with E-state index in [1.165, 1.54) is 6.33 Å². The molecule has 7 nitrogen and oxygen atoms in total. The van der Waals surface area contributed by atoms with Crippen LogP contribution in [0.4, 0.5) is 17.5 Å². The van der Waals surface area contributed by atoms with E-state index in [-0.39, 0.29) is 5.91 Å². The van der Waals surface area contributed by atoms with Gasteiger partial charge < -0.3 is 15.1 Å². The lowest BCUT2D eigenvalue weighted by atomic mass is 10.2. The fourth-order valence-electron chi connectivity index (χ4n) is 3.19. The molecule has 30 heavy (non-hydrogen) atoms. The Balaban J connectivity index is 1.35. The lowest BCUT2D eigenvalue weighted by Gasteiger charge is -2.35. The molecule has 1 aliphatic heterocycles. The molecular weight excluding hydrogens is 400 g/mol. The van der Waals surface area contributed by atoms with Gasteiger partial charge in [0.2, 0.25) is 5.91 Å². The molecule has 8 heteroatoms. The van der Waals surface area contributed by atoms with Crippen molar-refractivity contribution in [3.8, 4) is 0 Å². The number of nitrogens with one attached hydrogen (secondary N) is 1. The molecule has 3 heterocycles. The van der Waals surface area contributed by atoms with Crippen molar-refractivity contribution in [3.63, 3.8) is 0 Å². The van der Waals surface area contributed by atoms with E-state index >= 15 is 0 Å². The average molecular weight is 421 g/mol. The maximum Gasteiger partial charge on any atom is 0.246 e. The van der Waals surface area contributed by atoms with Gasteiger partial charge in [0, 0.05) is 49.5 Å². The Kier molecular flexibility index (Phi) is 6.20. The van der Waals surface area contributed by atoms with Crippen molar-refractivity contribution in [3.05, 3.63) is 77.7 Å². The van der Waals surface area contributed by atoms with E-state index in [9.17, 15) is 4.79 Å². The van der Waals surface area contributed by atoms with Crippen molar-refractivity contribution in [2.24, 2.45) is 0 Å². The highest BCUT2D eigenvalue weighted by atomic mass is 35.5. The van der Waals surface area contributed by atoms with Gasteiger partial charge in [-0.15, -0.1) is 0 Å². The zero-order valence-electron chi connectivity index (χ0n) is 16.3. The number of hydrogen-bond acceptors (Lipinski definition) is 6. The Morgan fingerprint density at radius 3 is 2.53 bits per heavy atom. The van der Waals surface area contributed by atoms with Gasteiger partial charge in [0.15, 0.2) is 0 Å². The summed E-state index contributed by atoms with van der Waals surface area (Å²) in [6, 6.07) is 15.0. The number of aromatic nitrogens is 3. The number of pyridine rings is 1. The van der Waals surface area contributed by atoms with E-state index in [0.29, 0.717) is 37.0 Å². The molecule has 0 saturated carbocycles. The van der Waals surface area contributed by atoms with E-state index in [2.05, 4.69) is 25.2 Å². The van der Waals surface area contributed by atoms with Crippen LogP contribution in [0.5, 0.6) is 0 Å². The summed E-state index contributed by atoms with van der Waals surface area (Å²) in [5.74, 6) is 2.21. The Bertz CT molecular complexity index is 1030. The summed E-state index contributed by atoms with van der Waals surface area (Å²) < 4.78 is 0. The minimum Gasteiger partial charge on any atom is -0.353 e. The first kappa shape index (κ1) is 19.8. The minimum absolute atomic E-state index is 0.0187. The van der Waals surface area contributed by atoms with Crippen LogP contribution in [0, 0.1) is 0 Å². The minimum atomic E-state index is -0.0187. The van der Waals surface area contributed by atoms with Crippen LogP contribution >= 0.6 is 11.6 Å². The number of halogens is 1. The maximum atomic E-state index is 12.5.